The van der Waals surface area contributed by atoms with Gasteiger partial charge in [-0.3, -0.25) is 19.7 Å². The number of fused-ring (bicyclic) bond motifs is 1. The number of nitrogens with zero attached hydrogens (tertiary/aromatic N) is 1. The number of carbonyl (C=O) groups excluding carboxylic acids is 2. The predicted molar refractivity (Wildman–Crippen MR) is 104 cm³/mol. The number of para-hydroxylation sites is 1. The zero-order valence-electron chi connectivity index (χ0n) is 14.8. The third-order valence-electron chi connectivity index (χ3n) is 5.57. The first-order valence-corrected chi connectivity index (χ1v) is 9.47. The Kier molecular flexibility index (Phi) is 4.28. The quantitative estimate of drug-likeness (QED) is 0.627. The van der Waals surface area contributed by atoms with Crippen LogP contribution >= 0.6 is 15.9 Å². The molecule has 2 aromatic carbocycles. The summed E-state index contributed by atoms with van der Waals surface area (Å²) >= 11 is 3.33. The first-order valence-electron chi connectivity index (χ1n) is 8.68. The number of nitrogens with one attached hydrogen (secondary N) is 1. The molecule has 2 aromatic rings. The number of benzene rings is 2. The van der Waals surface area contributed by atoms with E-state index in [0.717, 1.165) is 4.90 Å². The number of carbonyl (C=O) groups is 3. The third kappa shape index (κ3) is 2.56. The lowest BCUT2D eigenvalue weighted by Gasteiger charge is -2.27. The van der Waals surface area contributed by atoms with E-state index in [0.29, 0.717) is 15.7 Å². The van der Waals surface area contributed by atoms with Gasteiger partial charge in [-0.1, -0.05) is 34.1 Å². The van der Waals surface area contributed by atoms with Crippen molar-refractivity contribution in [3.8, 4) is 5.75 Å². The van der Waals surface area contributed by atoms with Crippen molar-refractivity contribution in [2.45, 2.75) is 18.5 Å². The maximum atomic E-state index is 13.3. The zero-order chi connectivity index (χ0) is 20.2. The van der Waals surface area contributed by atoms with Crippen LogP contribution in [0.5, 0.6) is 5.75 Å². The van der Waals surface area contributed by atoms with E-state index < -0.39 is 41.2 Å². The minimum Gasteiger partial charge on any atom is -0.508 e. The molecule has 2 heterocycles. The molecule has 0 aliphatic carbocycles. The van der Waals surface area contributed by atoms with Gasteiger partial charge in [0.05, 0.1) is 17.5 Å². The van der Waals surface area contributed by atoms with Gasteiger partial charge in [0.15, 0.2) is 0 Å². The number of hydrogen-bond acceptors (Lipinski definition) is 5. The topological polar surface area (TPSA) is 107 Å². The number of aliphatic carboxylic acids is 1. The van der Waals surface area contributed by atoms with Crippen molar-refractivity contribution in [1.82, 2.24) is 5.32 Å². The average Bonchev–Trinajstić information content (AvgIpc) is 3.12. The van der Waals surface area contributed by atoms with Crippen molar-refractivity contribution in [2.24, 2.45) is 11.8 Å². The minimum absolute atomic E-state index is 0.0764. The molecule has 3 N–H and O–H groups in total. The van der Waals surface area contributed by atoms with Gasteiger partial charge >= 0.3 is 5.97 Å². The lowest BCUT2D eigenvalue weighted by Crippen LogP contribution is -2.53. The van der Waals surface area contributed by atoms with Gasteiger partial charge in [-0.25, -0.2) is 4.90 Å². The Hall–Kier alpha value is -2.71. The Bertz CT molecular complexity index is 995. The molecule has 7 nitrogen and oxygen atoms in total. The Labute approximate surface area is 169 Å². The summed E-state index contributed by atoms with van der Waals surface area (Å²) in [7, 11) is 0. The molecule has 0 aromatic heterocycles. The molecule has 0 saturated carbocycles. The highest BCUT2D eigenvalue weighted by atomic mass is 79.9. The molecule has 8 heteroatoms. The highest BCUT2D eigenvalue weighted by Gasteiger charge is 2.67. The summed E-state index contributed by atoms with van der Waals surface area (Å²) in [5, 5.41) is 23.1. The van der Waals surface area contributed by atoms with Gasteiger partial charge in [-0.15, -0.1) is 0 Å². The number of imide groups is 1. The van der Waals surface area contributed by atoms with Gasteiger partial charge in [0, 0.05) is 16.1 Å². The molecule has 2 saturated heterocycles. The standard InChI is InChI=1S/C20H17BrN2O5/c1-20(19(27)28)15-14(16(22-20)12-9-10(21)7-8-13(12)24)17(25)23(18(15)26)11-5-3-2-4-6-11/h2-9,14-16,22,24H,1H3,(H,27,28)/t14-,15-,16-,20+/m0/s1. The smallest absolute Gasteiger partial charge is 0.324 e. The van der Waals surface area contributed by atoms with Crippen molar-refractivity contribution >= 4 is 39.4 Å². The molecular weight excluding hydrogens is 428 g/mol. The maximum absolute atomic E-state index is 13.3. The van der Waals surface area contributed by atoms with Crippen LogP contribution in [-0.2, 0) is 14.4 Å². The lowest BCUT2D eigenvalue weighted by molar-refractivity contribution is -0.147. The molecule has 4 atom stereocenters. The fourth-order valence-corrected chi connectivity index (χ4v) is 4.59. The van der Waals surface area contributed by atoms with Crippen molar-refractivity contribution in [1.29, 1.82) is 0 Å². The fraction of sp³-hybridized carbons (Fsp3) is 0.250. The van der Waals surface area contributed by atoms with E-state index in [-0.39, 0.29) is 5.75 Å². The Morgan fingerprint density at radius 2 is 1.82 bits per heavy atom. The number of aromatic hydroxyl groups is 1. The second-order valence-electron chi connectivity index (χ2n) is 7.18. The molecule has 2 aliphatic rings. The number of anilines is 1. The van der Waals surface area contributed by atoms with E-state index >= 15 is 0 Å². The van der Waals surface area contributed by atoms with Crippen LogP contribution in [0, 0.1) is 11.8 Å². The number of amides is 2. The largest absolute Gasteiger partial charge is 0.508 e. The van der Waals surface area contributed by atoms with Gasteiger partial charge in [-0.05, 0) is 37.3 Å². The van der Waals surface area contributed by atoms with Crippen molar-refractivity contribution in [3.63, 3.8) is 0 Å². The zero-order valence-corrected chi connectivity index (χ0v) is 16.4. The van der Waals surface area contributed by atoms with Crippen LogP contribution in [0.1, 0.15) is 18.5 Å². The van der Waals surface area contributed by atoms with E-state index in [4.69, 9.17) is 0 Å². The van der Waals surface area contributed by atoms with Crippen LogP contribution in [0.25, 0.3) is 0 Å². The van der Waals surface area contributed by atoms with Crippen LogP contribution < -0.4 is 10.2 Å². The molecule has 2 amide bonds. The van der Waals surface area contributed by atoms with Gasteiger partial charge in [-0.2, -0.15) is 0 Å². The maximum Gasteiger partial charge on any atom is 0.324 e. The Morgan fingerprint density at radius 1 is 1.14 bits per heavy atom. The molecule has 0 radical (unpaired) electrons. The summed E-state index contributed by atoms with van der Waals surface area (Å²) in [6.45, 7) is 1.40. The highest BCUT2D eigenvalue weighted by Crippen LogP contribution is 2.51. The third-order valence-corrected chi connectivity index (χ3v) is 6.06. The summed E-state index contributed by atoms with van der Waals surface area (Å²) in [6.07, 6.45) is 0. The molecule has 2 aliphatic heterocycles. The van der Waals surface area contributed by atoms with E-state index in [2.05, 4.69) is 21.2 Å². The van der Waals surface area contributed by atoms with Crippen LogP contribution in [0.4, 0.5) is 5.69 Å². The molecule has 0 bridgehead atoms. The van der Waals surface area contributed by atoms with E-state index in [1.165, 1.54) is 13.0 Å². The predicted octanol–water partition coefficient (Wildman–Crippen LogP) is 2.45. The van der Waals surface area contributed by atoms with E-state index in [9.17, 15) is 24.6 Å². The van der Waals surface area contributed by atoms with Gasteiger partial charge in [0.25, 0.3) is 0 Å². The lowest BCUT2D eigenvalue weighted by atomic mass is 9.80. The second kappa shape index (κ2) is 6.42. The van der Waals surface area contributed by atoms with Crippen molar-refractivity contribution < 1.29 is 24.6 Å². The van der Waals surface area contributed by atoms with E-state index in [1.807, 2.05) is 0 Å². The normalized spacial score (nSPS) is 29.2. The minimum atomic E-state index is -1.65. The Morgan fingerprint density at radius 3 is 2.46 bits per heavy atom. The summed E-state index contributed by atoms with van der Waals surface area (Å²) in [5.41, 5.74) is -0.886. The summed E-state index contributed by atoms with van der Waals surface area (Å²) in [6, 6.07) is 12.3. The van der Waals surface area contributed by atoms with Gasteiger partial charge in [0.2, 0.25) is 11.8 Å². The van der Waals surface area contributed by atoms with Gasteiger partial charge in [0.1, 0.15) is 11.3 Å². The number of carboxylic acid groups (broad SMARTS) is 1. The van der Waals surface area contributed by atoms with Crippen LogP contribution in [0.15, 0.2) is 53.0 Å². The van der Waals surface area contributed by atoms with E-state index in [1.54, 1.807) is 42.5 Å². The SMILES string of the molecule is C[C@@]1(C(=O)O)N[C@@H](c2cc(Br)ccc2O)[C@H]2C(=O)N(c3ccccc3)C(=O)[C@H]21. The molecule has 4 rings (SSSR count). The Balaban J connectivity index is 1.86. The molecule has 2 fully saturated rings. The fourth-order valence-electron chi connectivity index (χ4n) is 4.21. The first kappa shape index (κ1) is 18.6. The second-order valence-corrected chi connectivity index (χ2v) is 8.10. The van der Waals surface area contributed by atoms with Crippen molar-refractivity contribution in [2.75, 3.05) is 4.90 Å². The number of phenolic OH excluding ortho intramolecular Hbond substituents is 1. The summed E-state index contributed by atoms with van der Waals surface area (Å²) in [5.74, 6) is -4.39. The number of phenols is 1. The summed E-state index contributed by atoms with van der Waals surface area (Å²) in [4.78, 5) is 39.6. The average molecular weight is 445 g/mol. The molecule has 28 heavy (non-hydrogen) atoms. The number of rotatable bonds is 3. The summed E-state index contributed by atoms with van der Waals surface area (Å²) < 4.78 is 0.666. The first-order chi connectivity index (χ1) is 13.3. The van der Waals surface area contributed by atoms with Crippen LogP contribution in [0.3, 0.4) is 0 Å². The molecule has 0 unspecified atom stereocenters. The number of halogens is 1. The number of carboxylic acids is 1. The van der Waals surface area contributed by atoms with Crippen molar-refractivity contribution in [3.05, 3.63) is 58.6 Å². The number of hydrogen-bond donors (Lipinski definition) is 3. The highest BCUT2D eigenvalue weighted by molar-refractivity contribution is 9.10. The van der Waals surface area contributed by atoms with Crippen LogP contribution in [-0.4, -0.2) is 33.5 Å². The monoisotopic (exact) mass is 444 g/mol. The molecule has 144 valence electrons. The van der Waals surface area contributed by atoms with Gasteiger partial charge < -0.3 is 10.2 Å². The molecular formula is C20H17BrN2O5. The van der Waals surface area contributed by atoms with Crippen LogP contribution in [0.2, 0.25) is 0 Å². The molecule has 0 spiro atoms.